The largest absolute Gasteiger partial charge is 0.444 e. The normalized spacial score (nSPS) is 12.6. The first kappa shape index (κ1) is 15.4. The molecule has 0 atom stereocenters. The van der Waals surface area contributed by atoms with E-state index in [1.54, 1.807) is 11.8 Å². The summed E-state index contributed by atoms with van der Waals surface area (Å²) in [6, 6.07) is 29.6. The molecule has 3 heteroatoms. The lowest BCUT2D eigenvalue weighted by Crippen LogP contribution is -2.14. The lowest BCUT2D eigenvalue weighted by atomic mass is 10.0. The number of anilines is 3. The molecule has 3 aromatic carbocycles. The fraction of sp³-hybridized carbons (Fsp3) is 0.0435. The fourth-order valence-corrected chi connectivity index (χ4v) is 4.53. The number of para-hydroxylation sites is 2. The Morgan fingerprint density at radius 1 is 0.731 bits per heavy atom. The van der Waals surface area contributed by atoms with Crippen LogP contribution in [-0.2, 0) is 0 Å². The molecule has 4 aromatic rings. The molecule has 26 heavy (non-hydrogen) atoms. The van der Waals surface area contributed by atoms with Crippen LogP contribution in [0.15, 0.2) is 99.1 Å². The van der Waals surface area contributed by atoms with Crippen LogP contribution in [0.25, 0.3) is 11.1 Å². The highest BCUT2D eigenvalue weighted by Gasteiger charge is 2.29. The Morgan fingerprint density at radius 3 is 2.27 bits per heavy atom. The Balaban J connectivity index is 1.77. The van der Waals surface area contributed by atoms with E-state index in [-0.39, 0.29) is 0 Å². The Morgan fingerprint density at radius 2 is 1.42 bits per heavy atom. The van der Waals surface area contributed by atoms with E-state index in [1.807, 2.05) is 13.0 Å². The van der Waals surface area contributed by atoms with Crippen LogP contribution < -0.4 is 4.90 Å². The van der Waals surface area contributed by atoms with Crippen LogP contribution in [0.3, 0.4) is 0 Å². The first-order valence-electron chi connectivity index (χ1n) is 8.63. The van der Waals surface area contributed by atoms with Crippen molar-refractivity contribution in [3.63, 3.8) is 0 Å². The summed E-state index contributed by atoms with van der Waals surface area (Å²) in [7, 11) is 0. The Labute approximate surface area is 157 Å². The van der Waals surface area contributed by atoms with Gasteiger partial charge in [0, 0.05) is 10.5 Å². The first-order chi connectivity index (χ1) is 12.8. The molecule has 1 aromatic heterocycles. The van der Waals surface area contributed by atoms with E-state index in [4.69, 9.17) is 4.42 Å². The zero-order valence-electron chi connectivity index (χ0n) is 14.3. The second kappa shape index (κ2) is 6.11. The van der Waals surface area contributed by atoms with Gasteiger partial charge in [-0.1, -0.05) is 72.4 Å². The van der Waals surface area contributed by atoms with Gasteiger partial charge in [-0.15, -0.1) is 0 Å². The summed E-state index contributed by atoms with van der Waals surface area (Å²) >= 11 is 1.77. The predicted octanol–water partition coefficient (Wildman–Crippen LogP) is 7.19. The van der Waals surface area contributed by atoms with Gasteiger partial charge in [-0.2, -0.15) is 0 Å². The summed E-state index contributed by atoms with van der Waals surface area (Å²) in [5.41, 5.74) is 4.67. The summed E-state index contributed by atoms with van der Waals surface area (Å²) in [5, 5.41) is 0. The van der Waals surface area contributed by atoms with Gasteiger partial charge in [-0.25, -0.2) is 0 Å². The molecule has 1 aliphatic rings. The van der Waals surface area contributed by atoms with Crippen LogP contribution in [0.4, 0.5) is 17.3 Å². The quantitative estimate of drug-likeness (QED) is 0.333. The summed E-state index contributed by atoms with van der Waals surface area (Å²) in [6.07, 6.45) is 0. The van der Waals surface area contributed by atoms with Crippen molar-refractivity contribution in [1.82, 2.24) is 0 Å². The molecule has 5 rings (SSSR count). The van der Waals surface area contributed by atoms with E-state index in [0.717, 1.165) is 27.9 Å². The van der Waals surface area contributed by atoms with Gasteiger partial charge in [0.1, 0.15) is 5.76 Å². The molecule has 0 unspecified atom stereocenters. The Bertz CT molecular complexity index is 1080. The minimum atomic E-state index is 0.898. The second-order valence-corrected chi connectivity index (χ2v) is 7.40. The topological polar surface area (TPSA) is 16.4 Å². The number of rotatable bonds is 2. The average Bonchev–Trinajstić information content (AvgIpc) is 3.06. The van der Waals surface area contributed by atoms with Crippen molar-refractivity contribution >= 4 is 29.0 Å². The van der Waals surface area contributed by atoms with Gasteiger partial charge in [0.25, 0.3) is 0 Å². The van der Waals surface area contributed by atoms with E-state index < -0.39 is 0 Å². The molecular formula is C23H17NOS. The minimum absolute atomic E-state index is 0.898. The molecule has 0 saturated carbocycles. The van der Waals surface area contributed by atoms with Crippen molar-refractivity contribution in [1.29, 1.82) is 0 Å². The number of nitrogens with zero attached hydrogens (tertiary/aromatic N) is 1. The Kier molecular flexibility index (Phi) is 3.61. The predicted molar refractivity (Wildman–Crippen MR) is 108 cm³/mol. The van der Waals surface area contributed by atoms with E-state index >= 15 is 0 Å². The molecule has 0 aliphatic carbocycles. The van der Waals surface area contributed by atoms with Crippen molar-refractivity contribution in [2.24, 2.45) is 0 Å². The standard InChI is InChI=1S/C23H17NOS/c1-16-15-22-23(25-16)24(20-13-7-8-14-21(20)26-22)19-12-6-5-11-18(19)17-9-3-2-4-10-17/h2-15H,1H3. The van der Waals surface area contributed by atoms with E-state index in [1.165, 1.54) is 16.0 Å². The molecule has 0 amide bonds. The van der Waals surface area contributed by atoms with Crippen LogP contribution in [0.5, 0.6) is 0 Å². The van der Waals surface area contributed by atoms with Crippen LogP contribution in [0.2, 0.25) is 0 Å². The molecular weight excluding hydrogens is 338 g/mol. The van der Waals surface area contributed by atoms with Crippen molar-refractivity contribution in [2.45, 2.75) is 16.7 Å². The third kappa shape index (κ3) is 2.44. The molecule has 0 saturated heterocycles. The van der Waals surface area contributed by atoms with Gasteiger partial charge >= 0.3 is 0 Å². The van der Waals surface area contributed by atoms with Crippen molar-refractivity contribution in [2.75, 3.05) is 4.90 Å². The summed E-state index contributed by atoms with van der Waals surface area (Å²) in [6.45, 7) is 2.00. The van der Waals surface area contributed by atoms with E-state index in [2.05, 4.69) is 83.8 Å². The highest BCUT2D eigenvalue weighted by atomic mass is 32.2. The molecule has 2 heterocycles. The number of furan rings is 1. The van der Waals surface area contributed by atoms with Gasteiger partial charge in [0.15, 0.2) is 0 Å². The van der Waals surface area contributed by atoms with Crippen LogP contribution in [0.1, 0.15) is 5.76 Å². The molecule has 0 N–H and O–H groups in total. The molecule has 126 valence electrons. The maximum Gasteiger partial charge on any atom is 0.218 e. The molecule has 1 aliphatic heterocycles. The maximum atomic E-state index is 6.13. The van der Waals surface area contributed by atoms with Crippen molar-refractivity contribution in [3.05, 3.63) is 90.7 Å². The third-order valence-electron chi connectivity index (χ3n) is 4.56. The van der Waals surface area contributed by atoms with Gasteiger partial charge in [0.2, 0.25) is 5.88 Å². The zero-order chi connectivity index (χ0) is 17.5. The monoisotopic (exact) mass is 355 g/mol. The number of aryl methyl sites for hydroxylation is 1. The average molecular weight is 355 g/mol. The van der Waals surface area contributed by atoms with Gasteiger partial charge < -0.3 is 4.42 Å². The van der Waals surface area contributed by atoms with Crippen LogP contribution >= 0.6 is 11.8 Å². The molecule has 0 bridgehead atoms. The lowest BCUT2D eigenvalue weighted by Gasteiger charge is -2.30. The summed E-state index contributed by atoms with van der Waals surface area (Å²) < 4.78 is 6.13. The number of hydrogen-bond acceptors (Lipinski definition) is 3. The Hall–Kier alpha value is -2.91. The molecule has 0 fully saturated rings. The highest BCUT2D eigenvalue weighted by Crippen LogP contribution is 2.53. The van der Waals surface area contributed by atoms with E-state index in [0.29, 0.717) is 0 Å². The number of hydrogen-bond donors (Lipinski definition) is 0. The smallest absolute Gasteiger partial charge is 0.218 e. The van der Waals surface area contributed by atoms with Crippen LogP contribution in [-0.4, -0.2) is 0 Å². The van der Waals surface area contributed by atoms with Crippen LogP contribution in [0, 0.1) is 6.92 Å². The van der Waals surface area contributed by atoms with Crippen molar-refractivity contribution < 1.29 is 4.42 Å². The van der Waals surface area contributed by atoms with Gasteiger partial charge in [-0.3, -0.25) is 4.90 Å². The SMILES string of the molecule is Cc1cc2c(o1)N(c1ccccc1-c1ccccc1)c1ccccc1S2. The van der Waals surface area contributed by atoms with Crippen molar-refractivity contribution in [3.8, 4) is 11.1 Å². The van der Waals surface area contributed by atoms with Gasteiger partial charge in [-0.05, 0) is 36.8 Å². The number of benzene rings is 3. The lowest BCUT2D eigenvalue weighted by molar-refractivity contribution is 0.537. The second-order valence-electron chi connectivity index (χ2n) is 6.31. The zero-order valence-corrected chi connectivity index (χ0v) is 15.2. The number of fused-ring (bicyclic) bond motifs is 2. The minimum Gasteiger partial charge on any atom is -0.444 e. The third-order valence-corrected chi connectivity index (χ3v) is 5.64. The first-order valence-corrected chi connectivity index (χ1v) is 9.45. The summed E-state index contributed by atoms with van der Waals surface area (Å²) in [5.74, 6) is 1.83. The molecule has 2 nitrogen and oxygen atoms in total. The van der Waals surface area contributed by atoms with E-state index in [9.17, 15) is 0 Å². The molecule has 0 spiro atoms. The summed E-state index contributed by atoms with van der Waals surface area (Å²) in [4.78, 5) is 4.64. The maximum absolute atomic E-state index is 6.13. The molecule has 0 radical (unpaired) electrons. The fourth-order valence-electron chi connectivity index (χ4n) is 3.43. The van der Waals surface area contributed by atoms with Gasteiger partial charge in [0.05, 0.1) is 16.3 Å². The highest BCUT2D eigenvalue weighted by molar-refractivity contribution is 7.99.